The molecule has 1 saturated heterocycles. The van der Waals surface area contributed by atoms with Crippen LogP contribution in [0.5, 0.6) is 0 Å². The summed E-state index contributed by atoms with van der Waals surface area (Å²) in [7, 11) is 0. The fraction of sp³-hybridized carbons (Fsp3) is 0.611. The first kappa shape index (κ1) is 13.3. The van der Waals surface area contributed by atoms with Crippen LogP contribution >= 0.6 is 0 Å². The highest BCUT2D eigenvalue weighted by atomic mass is 16.7. The van der Waals surface area contributed by atoms with Gasteiger partial charge in [-0.25, -0.2) is 4.79 Å². The molecule has 0 N–H and O–H groups in total. The molecule has 3 aliphatic rings. The van der Waals surface area contributed by atoms with Crippen molar-refractivity contribution in [1.82, 2.24) is 0 Å². The van der Waals surface area contributed by atoms with Gasteiger partial charge in [0, 0.05) is 0 Å². The lowest BCUT2D eigenvalue weighted by atomic mass is 9.88. The number of hydrogen-bond acceptors (Lipinski definition) is 3. The minimum Gasteiger partial charge on any atom is -0.460 e. The van der Waals surface area contributed by atoms with Crippen LogP contribution in [0.2, 0.25) is 0 Å². The maximum absolute atomic E-state index is 12.7. The molecule has 2 saturated carbocycles. The van der Waals surface area contributed by atoms with E-state index in [9.17, 15) is 4.79 Å². The first-order chi connectivity index (χ1) is 10.2. The van der Waals surface area contributed by atoms with Crippen molar-refractivity contribution in [3.63, 3.8) is 0 Å². The van der Waals surface area contributed by atoms with Gasteiger partial charge in [0.2, 0.25) is 0 Å². The number of fused-ring (bicyclic) bond motifs is 1. The van der Waals surface area contributed by atoms with Crippen molar-refractivity contribution < 1.29 is 14.3 Å². The summed E-state index contributed by atoms with van der Waals surface area (Å²) in [6, 6.07) is 8.39. The quantitative estimate of drug-likeness (QED) is 0.629. The molecular formula is C18H22O3. The van der Waals surface area contributed by atoms with Gasteiger partial charge < -0.3 is 9.47 Å². The van der Waals surface area contributed by atoms with Crippen molar-refractivity contribution in [2.75, 3.05) is 0 Å². The molecule has 0 radical (unpaired) electrons. The van der Waals surface area contributed by atoms with Gasteiger partial charge in [0.05, 0.1) is 0 Å². The highest BCUT2D eigenvalue weighted by Crippen LogP contribution is 2.66. The van der Waals surface area contributed by atoms with E-state index in [2.05, 4.69) is 31.2 Å². The molecule has 2 unspecified atom stereocenters. The van der Waals surface area contributed by atoms with E-state index in [4.69, 9.17) is 9.47 Å². The molecule has 2 atom stereocenters. The first-order valence-corrected chi connectivity index (χ1v) is 8.15. The van der Waals surface area contributed by atoms with Crippen LogP contribution in [0.1, 0.15) is 56.1 Å². The van der Waals surface area contributed by atoms with Gasteiger partial charge in [0.25, 0.3) is 0 Å². The number of ether oxygens (including phenoxy) is 2. The summed E-state index contributed by atoms with van der Waals surface area (Å²) in [5, 5.41) is 0. The van der Waals surface area contributed by atoms with E-state index in [1.54, 1.807) is 0 Å². The summed E-state index contributed by atoms with van der Waals surface area (Å²) in [4.78, 5) is 12.7. The summed E-state index contributed by atoms with van der Waals surface area (Å²) in [5.41, 5.74) is 1.27. The van der Waals surface area contributed by atoms with E-state index in [-0.39, 0.29) is 12.1 Å². The van der Waals surface area contributed by atoms with Gasteiger partial charge >= 0.3 is 5.97 Å². The molecule has 1 aromatic carbocycles. The molecular weight excluding hydrogens is 264 g/mol. The molecule has 0 spiro atoms. The zero-order valence-corrected chi connectivity index (χ0v) is 12.6. The molecule has 21 heavy (non-hydrogen) atoms. The molecule has 1 aliphatic heterocycles. The topological polar surface area (TPSA) is 38.8 Å². The molecule has 0 amide bonds. The third-order valence-electron chi connectivity index (χ3n) is 5.44. The molecule has 0 aromatic heterocycles. The Balaban J connectivity index is 1.57. The number of hydrogen-bond donors (Lipinski definition) is 0. The molecule has 3 nitrogen and oxygen atoms in total. The third kappa shape index (κ3) is 1.87. The van der Waals surface area contributed by atoms with Crippen molar-refractivity contribution in [1.29, 1.82) is 0 Å². The normalized spacial score (nSPS) is 34.7. The van der Waals surface area contributed by atoms with Crippen LogP contribution in [-0.2, 0) is 19.9 Å². The Morgan fingerprint density at radius 2 is 1.86 bits per heavy atom. The SMILES string of the molecule is Cc1ccc(C23CCCC2(C(=O)OC2CCCC2)O3)cc1. The second kappa shape index (κ2) is 4.57. The largest absolute Gasteiger partial charge is 0.460 e. The van der Waals surface area contributed by atoms with Gasteiger partial charge in [-0.05, 0) is 57.4 Å². The Bertz CT molecular complexity index is 558. The molecule has 1 aromatic rings. The summed E-state index contributed by atoms with van der Waals surface area (Å²) in [6.07, 6.45) is 7.26. The number of carbonyl (C=O) groups is 1. The first-order valence-electron chi connectivity index (χ1n) is 8.15. The van der Waals surface area contributed by atoms with Crippen LogP contribution in [0, 0.1) is 6.92 Å². The number of aryl methyl sites for hydroxylation is 1. The molecule has 4 rings (SSSR count). The van der Waals surface area contributed by atoms with Crippen LogP contribution < -0.4 is 0 Å². The Hall–Kier alpha value is -1.35. The molecule has 1 heterocycles. The van der Waals surface area contributed by atoms with E-state index in [0.717, 1.165) is 37.7 Å². The van der Waals surface area contributed by atoms with Gasteiger partial charge in [-0.3, -0.25) is 0 Å². The number of epoxide rings is 1. The van der Waals surface area contributed by atoms with Crippen molar-refractivity contribution in [3.05, 3.63) is 35.4 Å². The van der Waals surface area contributed by atoms with Crippen LogP contribution in [0.15, 0.2) is 24.3 Å². The molecule has 3 heteroatoms. The second-order valence-corrected chi connectivity index (χ2v) is 6.79. The predicted octanol–water partition coefficient (Wildman–Crippen LogP) is 3.63. The van der Waals surface area contributed by atoms with E-state index in [0.29, 0.717) is 0 Å². The van der Waals surface area contributed by atoms with E-state index in [1.165, 1.54) is 18.4 Å². The van der Waals surface area contributed by atoms with Crippen LogP contribution in [0.25, 0.3) is 0 Å². The standard InChI is InChI=1S/C18H22O3/c1-13-7-9-14(10-8-13)17-11-4-12-18(17,21-17)16(19)20-15-5-2-3-6-15/h7-10,15H,2-6,11-12H2,1H3. The molecule has 0 bridgehead atoms. The maximum atomic E-state index is 12.7. The van der Waals surface area contributed by atoms with Gasteiger partial charge in [0.15, 0.2) is 5.60 Å². The van der Waals surface area contributed by atoms with Crippen molar-refractivity contribution in [3.8, 4) is 0 Å². The van der Waals surface area contributed by atoms with Crippen molar-refractivity contribution in [2.24, 2.45) is 0 Å². The number of rotatable bonds is 3. The van der Waals surface area contributed by atoms with E-state index < -0.39 is 11.2 Å². The lowest BCUT2D eigenvalue weighted by Crippen LogP contribution is -2.33. The van der Waals surface area contributed by atoms with Gasteiger partial charge in [0.1, 0.15) is 11.7 Å². The summed E-state index contributed by atoms with van der Waals surface area (Å²) >= 11 is 0. The zero-order chi connectivity index (χ0) is 14.5. The minimum atomic E-state index is -0.690. The number of carbonyl (C=O) groups excluding carboxylic acids is 1. The summed E-state index contributed by atoms with van der Waals surface area (Å²) < 4.78 is 11.8. The number of benzene rings is 1. The average molecular weight is 286 g/mol. The fourth-order valence-corrected chi connectivity index (χ4v) is 4.18. The Morgan fingerprint density at radius 3 is 2.57 bits per heavy atom. The average Bonchev–Trinajstić information content (AvgIpc) is 2.83. The highest BCUT2D eigenvalue weighted by Gasteiger charge is 2.78. The Kier molecular flexibility index (Phi) is 2.90. The maximum Gasteiger partial charge on any atom is 0.342 e. The predicted molar refractivity (Wildman–Crippen MR) is 78.9 cm³/mol. The fourth-order valence-electron chi connectivity index (χ4n) is 4.18. The van der Waals surface area contributed by atoms with Crippen LogP contribution in [0.3, 0.4) is 0 Å². The highest BCUT2D eigenvalue weighted by molar-refractivity contribution is 5.86. The van der Waals surface area contributed by atoms with Crippen LogP contribution in [0.4, 0.5) is 0 Å². The lowest BCUT2D eigenvalue weighted by Gasteiger charge is -2.16. The van der Waals surface area contributed by atoms with Crippen LogP contribution in [-0.4, -0.2) is 17.7 Å². The summed E-state index contributed by atoms with van der Waals surface area (Å²) in [5.74, 6) is -0.118. The molecule has 3 fully saturated rings. The smallest absolute Gasteiger partial charge is 0.342 e. The zero-order valence-electron chi connectivity index (χ0n) is 12.6. The number of esters is 1. The summed E-state index contributed by atoms with van der Waals surface area (Å²) in [6.45, 7) is 2.07. The minimum absolute atomic E-state index is 0.118. The van der Waals surface area contributed by atoms with Gasteiger partial charge in [-0.2, -0.15) is 0 Å². The van der Waals surface area contributed by atoms with Crippen molar-refractivity contribution >= 4 is 5.97 Å². The second-order valence-electron chi connectivity index (χ2n) is 6.79. The van der Waals surface area contributed by atoms with Crippen molar-refractivity contribution in [2.45, 2.75) is 69.2 Å². The van der Waals surface area contributed by atoms with E-state index in [1.807, 2.05) is 0 Å². The Labute approximate surface area is 125 Å². The van der Waals surface area contributed by atoms with Gasteiger partial charge in [-0.1, -0.05) is 29.8 Å². The third-order valence-corrected chi connectivity index (χ3v) is 5.44. The van der Waals surface area contributed by atoms with Gasteiger partial charge in [-0.15, -0.1) is 0 Å². The molecule has 112 valence electrons. The molecule has 2 aliphatic carbocycles. The monoisotopic (exact) mass is 286 g/mol. The Morgan fingerprint density at radius 1 is 1.14 bits per heavy atom. The van der Waals surface area contributed by atoms with E-state index >= 15 is 0 Å². The lowest BCUT2D eigenvalue weighted by molar-refractivity contribution is -0.155.